The van der Waals surface area contributed by atoms with Crippen LogP contribution in [-0.4, -0.2) is 61.7 Å². The first kappa shape index (κ1) is 20.6. The van der Waals surface area contributed by atoms with Crippen LogP contribution in [-0.2, 0) is 15.3 Å². The van der Waals surface area contributed by atoms with Crippen molar-refractivity contribution in [3.05, 3.63) is 29.8 Å². The van der Waals surface area contributed by atoms with Crippen molar-refractivity contribution < 1.29 is 21.3 Å². The van der Waals surface area contributed by atoms with Crippen molar-refractivity contribution in [1.82, 2.24) is 10.2 Å². The third-order valence-electron chi connectivity index (χ3n) is 4.84. The van der Waals surface area contributed by atoms with Crippen LogP contribution < -0.4 is 9.50 Å². The molecule has 1 N–H and O–H groups in total. The summed E-state index contributed by atoms with van der Waals surface area (Å²) >= 11 is 1.46. The minimum absolute atomic E-state index is 0.0644. The molecule has 2 heterocycles. The summed E-state index contributed by atoms with van der Waals surface area (Å²) in [5.41, 5.74) is 0.431. The standard InChI is InChI=1S/C18H20FN3O4S2/c1-3-10-20-17(23)15-9-8-14(22(15)2)13-11-27-18(21-13)12-6-4-5-7-16(12)26-28(19,24)25/h1,4-7,13-15H,8-11H2,2H3,(H,20,23)/t13-,14-,15+/m0/s1. The minimum atomic E-state index is -5.12. The molecule has 1 fully saturated rings. The molecule has 150 valence electrons. The second kappa shape index (κ2) is 8.51. The lowest BCUT2D eigenvalue weighted by molar-refractivity contribution is -0.125. The van der Waals surface area contributed by atoms with Gasteiger partial charge >= 0.3 is 10.5 Å². The number of carbonyl (C=O) groups is 1. The quantitative estimate of drug-likeness (QED) is 0.547. The van der Waals surface area contributed by atoms with Crippen LogP contribution in [0.25, 0.3) is 0 Å². The number of likely N-dealkylation sites (N-methyl/N-ethyl adjacent to an activating group) is 1. The van der Waals surface area contributed by atoms with E-state index >= 15 is 0 Å². The first-order valence-electron chi connectivity index (χ1n) is 8.67. The highest BCUT2D eigenvalue weighted by Gasteiger charge is 2.40. The lowest BCUT2D eigenvalue weighted by Gasteiger charge is -2.27. The molecule has 1 saturated heterocycles. The van der Waals surface area contributed by atoms with Crippen LogP contribution in [0.1, 0.15) is 18.4 Å². The molecule has 1 aromatic rings. The maximum atomic E-state index is 13.0. The van der Waals surface area contributed by atoms with E-state index in [0.717, 1.165) is 6.42 Å². The summed E-state index contributed by atoms with van der Waals surface area (Å²) in [5.74, 6) is 2.88. The molecule has 2 aliphatic heterocycles. The van der Waals surface area contributed by atoms with Gasteiger partial charge in [0.2, 0.25) is 5.91 Å². The van der Waals surface area contributed by atoms with Gasteiger partial charge in [0.15, 0.2) is 5.75 Å². The molecule has 10 heteroatoms. The zero-order chi connectivity index (χ0) is 20.3. The molecule has 3 atom stereocenters. The van der Waals surface area contributed by atoms with Gasteiger partial charge in [0, 0.05) is 11.8 Å². The number of nitrogens with zero attached hydrogens (tertiary/aromatic N) is 2. The second-order valence-electron chi connectivity index (χ2n) is 6.53. The van der Waals surface area contributed by atoms with E-state index in [4.69, 9.17) is 11.4 Å². The topological polar surface area (TPSA) is 88.1 Å². The first-order valence-corrected chi connectivity index (χ1v) is 11.0. The van der Waals surface area contributed by atoms with E-state index in [9.17, 15) is 17.1 Å². The fourth-order valence-electron chi connectivity index (χ4n) is 3.56. The van der Waals surface area contributed by atoms with E-state index in [1.165, 1.54) is 17.8 Å². The zero-order valence-corrected chi connectivity index (χ0v) is 16.8. The Kier molecular flexibility index (Phi) is 6.27. The third-order valence-corrected chi connectivity index (χ3v) is 6.33. The van der Waals surface area contributed by atoms with Gasteiger partial charge in [0.05, 0.1) is 24.2 Å². The predicted octanol–water partition coefficient (Wildman–Crippen LogP) is 1.35. The summed E-state index contributed by atoms with van der Waals surface area (Å²) in [6.45, 7) is 0.198. The van der Waals surface area contributed by atoms with Crippen LogP contribution in [0, 0.1) is 12.3 Å². The summed E-state index contributed by atoms with van der Waals surface area (Å²) in [4.78, 5) is 19.0. The first-order chi connectivity index (χ1) is 13.3. The van der Waals surface area contributed by atoms with Gasteiger partial charge in [0.1, 0.15) is 5.04 Å². The molecule has 1 amide bonds. The maximum Gasteiger partial charge on any atom is 0.488 e. The Morgan fingerprint density at radius 2 is 2.21 bits per heavy atom. The fourth-order valence-corrected chi connectivity index (χ4v) is 5.08. The lowest BCUT2D eigenvalue weighted by Crippen LogP contribution is -2.46. The monoisotopic (exact) mass is 425 g/mol. The molecule has 1 aromatic carbocycles. The number of benzene rings is 1. The van der Waals surface area contributed by atoms with Crippen LogP contribution >= 0.6 is 11.8 Å². The van der Waals surface area contributed by atoms with Crippen molar-refractivity contribution in [2.24, 2.45) is 4.99 Å². The van der Waals surface area contributed by atoms with Crippen LogP contribution in [0.5, 0.6) is 5.75 Å². The normalized spacial score (nSPS) is 25.2. The number of hydrogen-bond acceptors (Lipinski definition) is 7. The molecule has 0 bridgehead atoms. The van der Waals surface area contributed by atoms with E-state index in [-0.39, 0.29) is 36.3 Å². The number of terminal acetylenes is 1. The average molecular weight is 426 g/mol. The fraction of sp³-hybridized carbons (Fsp3) is 0.444. The number of likely N-dealkylation sites (tertiary alicyclic amines) is 1. The molecule has 0 saturated carbocycles. The zero-order valence-electron chi connectivity index (χ0n) is 15.2. The molecule has 7 nitrogen and oxygen atoms in total. The van der Waals surface area contributed by atoms with E-state index < -0.39 is 10.5 Å². The molecule has 0 aliphatic carbocycles. The molecule has 2 aliphatic rings. The van der Waals surface area contributed by atoms with Crippen molar-refractivity contribution in [1.29, 1.82) is 0 Å². The number of amides is 1. The van der Waals surface area contributed by atoms with Crippen molar-refractivity contribution >= 4 is 33.2 Å². The highest BCUT2D eigenvalue weighted by molar-refractivity contribution is 8.14. The molecule has 0 unspecified atom stereocenters. The van der Waals surface area contributed by atoms with Crippen LogP contribution in [0.2, 0.25) is 0 Å². The van der Waals surface area contributed by atoms with Crippen molar-refractivity contribution in [2.75, 3.05) is 19.3 Å². The van der Waals surface area contributed by atoms with Gasteiger partial charge in [-0.05, 0) is 32.0 Å². The van der Waals surface area contributed by atoms with E-state index in [1.54, 1.807) is 18.2 Å². The summed E-state index contributed by atoms with van der Waals surface area (Å²) < 4.78 is 39.1. The number of hydrogen-bond donors (Lipinski definition) is 1. The van der Waals surface area contributed by atoms with Gasteiger partial charge < -0.3 is 9.50 Å². The highest BCUT2D eigenvalue weighted by atomic mass is 32.3. The Labute approximate surface area is 168 Å². The van der Waals surface area contributed by atoms with Crippen LogP contribution in [0.15, 0.2) is 29.3 Å². The average Bonchev–Trinajstić information content (AvgIpc) is 3.25. The lowest BCUT2D eigenvalue weighted by atomic mass is 10.1. The van der Waals surface area contributed by atoms with Gasteiger partial charge in [-0.1, -0.05) is 21.9 Å². The van der Waals surface area contributed by atoms with Gasteiger partial charge in [-0.2, -0.15) is 8.42 Å². The maximum absolute atomic E-state index is 13.0. The largest absolute Gasteiger partial charge is 0.488 e. The van der Waals surface area contributed by atoms with Crippen molar-refractivity contribution in [2.45, 2.75) is 31.0 Å². The Hall–Kier alpha value is -2.09. The number of rotatable bonds is 6. The summed E-state index contributed by atoms with van der Waals surface area (Å²) in [7, 11) is -3.23. The summed E-state index contributed by atoms with van der Waals surface area (Å²) in [6, 6.07) is 6.05. The molecule has 0 spiro atoms. The Balaban J connectivity index is 1.75. The molecular weight excluding hydrogens is 405 g/mol. The third kappa shape index (κ3) is 4.66. The number of halogens is 1. The number of nitrogens with one attached hydrogen (secondary N) is 1. The Bertz CT molecular complexity index is 929. The Morgan fingerprint density at radius 3 is 2.93 bits per heavy atom. The van der Waals surface area contributed by atoms with Crippen LogP contribution in [0.4, 0.5) is 3.89 Å². The summed E-state index contributed by atoms with van der Waals surface area (Å²) in [5, 5.41) is 3.31. The number of thioether (sulfide) groups is 1. The van der Waals surface area contributed by atoms with Crippen LogP contribution in [0.3, 0.4) is 0 Å². The van der Waals surface area contributed by atoms with E-state index in [0.29, 0.717) is 22.8 Å². The van der Waals surface area contributed by atoms with Gasteiger partial charge in [-0.25, -0.2) is 0 Å². The molecule has 0 radical (unpaired) electrons. The summed E-state index contributed by atoms with van der Waals surface area (Å²) in [6.07, 6.45) is 6.71. The molecule has 28 heavy (non-hydrogen) atoms. The second-order valence-corrected chi connectivity index (χ2v) is 8.49. The highest BCUT2D eigenvalue weighted by Crippen LogP contribution is 2.35. The number of aliphatic imine (C=N–C) groups is 1. The Morgan fingerprint density at radius 1 is 1.46 bits per heavy atom. The van der Waals surface area contributed by atoms with Gasteiger partial charge in [-0.3, -0.25) is 14.7 Å². The molecular formula is C18H20FN3O4S2. The molecule has 3 rings (SSSR count). The van der Waals surface area contributed by atoms with Crippen molar-refractivity contribution in [3.63, 3.8) is 0 Å². The van der Waals surface area contributed by atoms with E-state index in [2.05, 4.69) is 15.4 Å². The molecule has 0 aromatic heterocycles. The SMILES string of the molecule is C#CCNC(=O)[C@H]1CC[C@@H]([C@@H]2CSC(c3ccccc3OS(=O)(=O)F)=N2)N1C. The smallest absolute Gasteiger partial charge is 0.358 e. The van der Waals surface area contributed by atoms with E-state index in [1.807, 2.05) is 11.9 Å². The van der Waals surface area contributed by atoms with Crippen molar-refractivity contribution in [3.8, 4) is 18.1 Å². The minimum Gasteiger partial charge on any atom is -0.358 e. The van der Waals surface area contributed by atoms with Gasteiger partial charge in [-0.15, -0.1) is 18.2 Å². The van der Waals surface area contributed by atoms with Gasteiger partial charge in [0.25, 0.3) is 0 Å². The number of carbonyl (C=O) groups excluding carboxylic acids is 1. The predicted molar refractivity (Wildman–Crippen MR) is 106 cm³/mol. The number of para-hydroxylation sites is 1.